The summed E-state index contributed by atoms with van der Waals surface area (Å²) in [6.07, 6.45) is 5.75. The van der Waals surface area contributed by atoms with Crippen molar-refractivity contribution in [2.45, 2.75) is 116 Å². The molecule has 0 saturated carbocycles. The van der Waals surface area contributed by atoms with Gasteiger partial charge in [0.25, 0.3) is 0 Å². The van der Waals surface area contributed by atoms with E-state index in [9.17, 15) is 24.0 Å². The normalized spacial score (nSPS) is 21.5. The number of ether oxygens (including phenoxy) is 1. The number of nitrogens with one attached hydrogen (secondary N) is 5. The summed E-state index contributed by atoms with van der Waals surface area (Å²) in [5, 5.41) is 14.6. The Morgan fingerprint density at radius 3 is 1.56 bits per heavy atom. The van der Waals surface area contributed by atoms with E-state index >= 15 is 0 Å². The van der Waals surface area contributed by atoms with E-state index in [1.165, 1.54) is 29.5 Å². The molecule has 2 atom stereocenters. The molecule has 4 saturated heterocycles. The van der Waals surface area contributed by atoms with Gasteiger partial charge >= 0.3 is 6.09 Å². The fourth-order valence-electron chi connectivity index (χ4n) is 7.34. The van der Waals surface area contributed by atoms with Crippen LogP contribution in [0.25, 0.3) is 0 Å². The number of hydrogen-bond acceptors (Lipinski definition) is 9. The molecule has 5 amide bonds. The van der Waals surface area contributed by atoms with Gasteiger partial charge in [0, 0.05) is 37.3 Å². The van der Waals surface area contributed by atoms with Crippen molar-refractivity contribution < 1.29 is 28.7 Å². The second-order valence-electron chi connectivity index (χ2n) is 15.2. The van der Waals surface area contributed by atoms with E-state index in [0.29, 0.717) is 50.6 Å². The van der Waals surface area contributed by atoms with Crippen LogP contribution in [0.15, 0.2) is 36.4 Å². The van der Waals surface area contributed by atoms with Crippen molar-refractivity contribution in [1.82, 2.24) is 20.9 Å². The summed E-state index contributed by atoms with van der Waals surface area (Å²) in [4.78, 5) is 60.3. The first-order chi connectivity index (χ1) is 24.3. The highest BCUT2D eigenvalue weighted by Gasteiger charge is 2.30. The number of hydrogen-bond donors (Lipinski definition) is 5. The van der Waals surface area contributed by atoms with Crippen LogP contribution in [-0.2, 0) is 23.9 Å². The zero-order chi connectivity index (χ0) is 36.7. The van der Waals surface area contributed by atoms with Crippen LogP contribution >= 0.6 is 12.4 Å². The van der Waals surface area contributed by atoms with E-state index in [1.54, 1.807) is 4.90 Å². The third-order valence-electron chi connectivity index (χ3n) is 10.1. The number of anilines is 2. The van der Waals surface area contributed by atoms with Crippen molar-refractivity contribution in [2.24, 2.45) is 0 Å². The average Bonchev–Trinajstić information content (AvgIpc) is 3.07. The molecule has 0 radical (unpaired) electrons. The van der Waals surface area contributed by atoms with Crippen LogP contribution in [0, 0.1) is 13.8 Å². The molecule has 0 aliphatic carbocycles. The summed E-state index contributed by atoms with van der Waals surface area (Å²) in [5.74, 6) is 0.149. The van der Waals surface area contributed by atoms with Gasteiger partial charge in [0.1, 0.15) is 17.7 Å². The molecule has 0 aromatic heterocycles. The lowest BCUT2D eigenvalue weighted by Gasteiger charge is -2.34. The Morgan fingerprint density at radius 2 is 1.15 bits per heavy atom. The highest BCUT2D eigenvalue weighted by atomic mass is 35.5. The molecule has 0 spiro atoms. The molecule has 4 aliphatic rings. The standard InChI is InChI=1S/C22H31N3O4.C17H23N3O2.ClH/c1-14-13-16(23-18-7-8-19(26)24-20(18)27)5-6-17(14)15-9-11-25(12-10-15)21(28)29-22(2,3)4;1-11-10-13(19-15-4-5-16(21)20-17(15)22)2-3-14(11)12-6-8-18-9-7-12;/h5-6,13,15,18,23H,7-12H2,1-4H3,(H,24,26,27);2-3,10,12,15,18-19H,4-9H2,1H3,(H,20,21,22);1H. The molecule has 13 heteroatoms. The summed E-state index contributed by atoms with van der Waals surface area (Å²) < 4.78 is 5.47. The van der Waals surface area contributed by atoms with Gasteiger partial charge in [-0.2, -0.15) is 0 Å². The van der Waals surface area contributed by atoms with Crippen LogP contribution in [0.1, 0.15) is 106 Å². The third-order valence-corrected chi connectivity index (χ3v) is 10.1. The Bertz CT molecular complexity index is 1610. The van der Waals surface area contributed by atoms with E-state index in [2.05, 4.69) is 64.7 Å². The number of aryl methyl sites for hydroxylation is 2. The lowest BCUT2D eigenvalue weighted by molar-refractivity contribution is -0.135. The molecular formula is C39H55ClN6O6. The molecule has 4 heterocycles. The minimum atomic E-state index is -0.476. The number of nitrogens with zero attached hydrogens (tertiary/aromatic N) is 1. The largest absolute Gasteiger partial charge is 0.444 e. The Morgan fingerprint density at radius 1 is 0.712 bits per heavy atom. The number of rotatable bonds is 6. The van der Waals surface area contributed by atoms with E-state index in [1.807, 2.05) is 32.9 Å². The summed E-state index contributed by atoms with van der Waals surface area (Å²) in [7, 11) is 0. The van der Waals surface area contributed by atoms with Gasteiger partial charge in [-0.15, -0.1) is 12.4 Å². The van der Waals surface area contributed by atoms with Crippen molar-refractivity contribution in [3.8, 4) is 0 Å². The van der Waals surface area contributed by atoms with Gasteiger partial charge < -0.3 is 25.6 Å². The van der Waals surface area contributed by atoms with Crippen molar-refractivity contribution in [1.29, 1.82) is 0 Å². The van der Waals surface area contributed by atoms with Crippen LogP contribution < -0.4 is 26.6 Å². The molecule has 6 rings (SSSR count). The van der Waals surface area contributed by atoms with E-state index in [-0.39, 0.29) is 54.2 Å². The van der Waals surface area contributed by atoms with Gasteiger partial charge in [0.2, 0.25) is 23.6 Å². The minimum Gasteiger partial charge on any atom is -0.444 e. The van der Waals surface area contributed by atoms with Crippen LogP contribution in [0.5, 0.6) is 0 Å². The molecule has 0 bridgehead atoms. The second-order valence-corrected chi connectivity index (χ2v) is 15.2. The highest BCUT2D eigenvalue weighted by Crippen LogP contribution is 2.33. The average molecular weight is 739 g/mol. The number of piperidine rings is 4. The minimum absolute atomic E-state index is 0. The Kier molecular flexibility index (Phi) is 14.1. The molecule has 2 aromatic carbocycles. The van der Waals surface area contributed by atoms with Gasteiger partial charge in [-0.3, -0.25) is 29.8 Å². The number of amides is 5. The van der Waals surface area contributed by atoms with Crippen molar-refractivity contribution in [3.63, 3.8) is 0 Å². The van der Waals surface area contributed by atoms with Gasteiger partial charge in [0.15, 0.2) is 0 Å². The van der Waals surface area contributed by atoms with E-state index < -0.39 is 5.60 Å². The van der Waals surface area contributed by atoms with Crippen LogP contribution in [-0.4, -0.2) is 78.5 Å². The van der Waals surface area contributed by atoms with Crippen LogP contribution in [0.4, 0.5) is 16.2 Å². The summed E-state index contributed by atoms with van der Waals surface area (Å²) in [6.45, 7) is 13.4. The van der Waals surface area contributed by atoms with Crippen molar-refractivity contribution in [3.05, 3.63) is 58.7 Å². The SMILES string of the molecule is Cc1cc(NC2CCC(=O)NC2=O)ccc1C1CCN(C(=O)OC(C)(C)C)CC1.Cc1cc(NC2CCC(=O)NC2=O)ccc1C1CCNCC1.Cl. The lowest BCUT2D eigenvalue weighted by atomic mass is 9.86. The molecule has 52 heavy (non-hydrogen) atoms. The summed E-state index contributed by atoms with van der Waals surface area (Å²) >= 11 is 0. The molecule has 5 N–H and O–H groups in total. The zero-order valence-electron chi connectivity index (χ0n) is 31.1. The number of halogens is 1. The quantitative estimate of drug-likeness (QED) is 0.244. The number of carbonyl (C=O) groups excluding carboxylic acids is 5. The molecule has 4 fully saturated rings. The maximum absolute atomic E-state index is 12.2. The van der Waals surface area contributed by atoms with Crippen LogP contribution in [0.2, 0.25) is 0 Å². The lowest BCUT2D eigenvalue weighted by Crippen LogP contribution is -2.47. The van der Waals surface area contributed by atoms with E-state index in [4.69, 9.17) is 4.74 Å². The molecule has 2 aromatic rings. The fourth-order valence-corrected chi connectivity index (χ4v) is 7.34. The molecular weight excluding hydrogens is 684 g/mol. The number of benzene rings is 2. The highest BCUT2D eigenvalue weighted by molar-refractivity contribution is 6.02. The molecule has 284 valence electrons. The molecule has 4 aliphatic heterocycles. The van der Waals surface area contributed by atoms with Gasteiger partial charge in [-0.25, -0.2) is 4.79 Å². The topological polar surface area (TPSA) is 158 Å². The van der Waals surface area contributed by atoms with Gasteiger partial charge in [0.05, 0.1) is 0 Å². The first-order valence-corrected chi connectivity index (χ1v) is 18.4. The first kappa shape index (κ1) is 40.6. The molecule has 2 unspecified atom stereocenters. The number of carbonyl (C=O) groups is 5. The van der Waals surface area contributed by atoms with E-state index in [0.717, 1.165) is 42.9 Å². The van der Waals surface area contributed by atoms with Crippen molar-refractivity contribution in [2.75, 3.05) is 36.8 Å². The van der Waals surface area contributed by atoms with Crippen molar-refractivity contribution >= 4 is 53.5 Å². The monoisotopic (exact) mass is 738 g/mol. The van der Waals surface area contributed by atoms with Crippen LogP contribution in [0.3, 0.4) is 0 Å². The fraction of sp³-hybridized carbons (Fsp3) is 0.564. The predicted octanol–water partition coefficient (Wildman–Crippen LogP) is 5.43. The summed E-state index contributed by atoms with van der Waals surface area (Å²) in [5.41, 5.74) is 6.48. The first-order valence-electron chi connectivity index (χ1n) is 18.4. The maximum atomic E-state index is 12.2. The smallest absolute Gasteiger partial charge is 0.410 e. The third kappa shape index (κ3) is 11.2. The summed E-state index contributed by atoms with van der Waals surface area (Å²) in [6, 6.07) is 11.8. The Labute approximate surface area is 313 Å². The predicted molar refractivity (Wildman–Crippen MR) is 204 cm³/mol. The van der Waals surface area contributed by atoms with Gasteiger partial charge in [-0.1, -0.05) is 12.1 Å². The van der Waals surface area contributed by atoms with Gasteiger partial charge in [-0.05, 0) is 145 Å². The maximum Gasteiger partial charge on any atom is 0.410 e. The zero-order valence-corrected chi connectivity index (χ0v) is 31.9. The number of imide groups is 2. The Hall–Kier alpha value is -4.16. The second kappa shape index (κ2) is 18.1. The Balaban J connectivity index is 0.000000236. The number of likely N-dealkylation sites (tertiary alicyclic amines) is 1. The molecule has 12 nitrogen and oxygen atoms in total.